The summed E-state index contributed by atoms with van der Waals surface area (Å²) in [6, 6.07) is 12.9. The molecule has 1 aliphatic carbocycles. The molecule has 2 saturated heterocycles. The summed E-state index contributed by atoms with van der Waals surface area (Å²) in [6.07, 6.45) is 0.865. The minimum absolute atomic E-state index is 0.0669. The van der Waals surface area contributed by atoms with Crippen molar-refractivity contribution in [3.8, 4) is 5.75 Å². The Morgan fingerprint density at radius 3 is 2.09 bits per heavy atom. The topological polar surface area (TPSA) is 92.8 Å². The number of carbonyl (C=O) groups excluding carboxylic acids is 4. The van der Waals surface area contributed by atoms with Gasteiger partial charge in [0.1, 0.15) is 5.75 Å². The van der Waals surface area contributed by atoms with Gasteiger partial charge in [-0.05, 0) is 36.6 Å². The van der Waals surface area contributed by atoms with Crippen molar-refractivity contribution in [3.05, 3.63) is 59.7 Å². The van der Waals surface area contributed by atoms with Crippen LogP contribution in [0, 0.1) is 17.8 Å². The number of hydrogen-bond acceptors (Lipinski definition) is 6. The van der Waals surface area contributed by atoms with E-state index in [0.717, 1.165) is 11.3 Å². The van der Waals surface area contributed by atoms with Crippen LogP contribution in [-0.4, -0.2) is 41.6 Å². The second-order valence-corrected chi connectivity index (χ2v) is 9.28. The third-order valence-corrected chi connectivity index (χ3v) is 7.02. The molecule has 5 rings (SSSR count). The fourth-order valence-electron chi connectivity index (χ4n) is 5.52. The van der Waals surface area contributed by atoms with E-state index in [0.29, 0.717) is 29.2 Å². The number of anilines is 1. The van der Waals surface area contributed by atoms with Gasteiger partial charge in [-0.2, -0.15) is 0 Å². The first-order valence-corrected chi connectivity index (χ1v) is 11.4. The number of carbonyl (C=O) groups is 4. The minimum atomic E-state index is -1.74. The number of fused-ring (bicyclic) bond motifs is 3. The lowest BCUT2D eigenvalue weighted by Gasteiger charge is -2.29. The smallest absolute Gasteiger partial charge is 0.240 e. The summed E-state index contributed by atoms with van der Waals surface area (Å²) in [7, 11) is 0. The molecule has 0 saturated carbocycles. The second kappa shape index (κ2) is 7.63. The van der Waals surface area contributed by atoms with E-state index in [1.165, 1.54) is 0 Å². The highest BCUT2D eigenvalue weighted by Crippen LogP contribution is 2.51. The van der Waals surface area contributed by atoms with E-state index in [2.05, 4.69) is 5.32 Å². The van der Waals surface area contributed by atoms with Crippen LogP contribution in [0.25, 0.3) is 0 Å². The van der Waals surface area contributed by atoms with Crippen molar-refractivity contribution in [2.75, 3.05) is 11.5 Å². The Bertz CT molecular complexity index is 1130. The molecule has 2 fully saturated rings. The molecule has 3 atom stereocenters. The van der Waals surface area contributed by atoms with Crippen LogP contribution in [0.1, 0.15) is 47.9 Å². The van der Waals surface area contributed by atoms with Gasteiger partial charge in [-0.3, -0.25) is 24.5 Å². The summed E-state index contributed by atoms with van der Waals surface area (Å²) in [5.74, 6) is -3.04. The van der Waals surface area contributed by atoms with Crippen molar-refractivity contribution in [2.24, 2.45) is 17.8 Å². The van der Waals surface area contributed by atoms with Crippen LogP contribution in [0.2, 0.25) is 0 Å². The molecule has 7 heteroatoms. The van der Waals surface area contributed by atoms with E-state index in [-0.39, 0.29) is 11.8 Å². The standard InChI is InChI=1S/C26H26N2O5/c1-4-13-33-16-11-9-15(10-12-16)28-24(31)19-20(25(28)32)26(27-21(19)14(2)3)22(29)17-7-5-6-8-18(17)23(26)30/h5-12,14,19-21,27H,4,13H2,1-3H3/t19-,20+,21-/m1/s1. The van der Waals surface area contributed by atoms with Crippen molar-refractivity contribution in [1.82, 2.24) is 5.32 Å². The maximum Gasteiger partial charge on any atom is 0.240 e. The molecule has 0 aromatic heterocycles. The van der Waals surface area contributed by atoms with Gasteiger partial charge in [-0.15, -0.1) is 0 Å². The lowest BCUT2D eigenvalue weighted by Crippen LogP contribution is -2.59. The molecule has 1 spiro atoms. The molecule has 3 aliphatic rings. The number of ketones is 2. The van der Waals surface area contributed by atoms with Gasteiger partial charge in [0.15, 0.2) is 17.1 Å². The van der Waals surface area contributed by atoms with Crippen molar-refractivity contribution < 1.29 is 23.9 Å². The summed E-state index contributed by atoms with van der Waals surface area (Å²) in [4.78, 5) is 55.7. The quantitative estimate of drug-likeness (QED) is 0.561. The van der Waals surface area contributed by atoms with Gasteiger partial charge in [-0.1, -0.05) is 45.0 Å². The highest BCUT2D eigenvalue weighted by Gasteiger charge is 2.73. The van der Waals surface area contributed by atoms with E-state index in [4.69, 9.17) is 4.74 Å². The fraction of sp³-hybridized carbons (Fsp3) is 0.385. The number of imide groups is 1. The van der Waals surface area contributed by atoms with Gasteiger partial charge >= 0.3 is 0 Å². The Morgan fingerprint density at radius 2 is 1.55 bits per heavy atom. The zero-order valence-electron chi connectivity index (χ0n) is 18.8. The van der Waals surface area contributed by atoms with Crippen LogP contribution in [0.5, 0.6) is 5.75 Å². The molecule has 170 valence electrons. The summed E-state index contributed by atoms with van der Waals surface area (Å²) in [6.45, 7) is 6.42. The molecule has 2 aromatic rings. The first-order chi connectivity index (χ1) is 15.8. The van der Waals surface area contributed by atoms with E-state index in [1.54, 1.807) is 48.5 Å². The molecule has 2 amide bonds. The maximum atomic E-state index is 13.8. The monoisotopic (exact) mass is 446 g/mol. The highest BCUT2D eigenvalue weighted by atomic mass is 16.5. The lowest BCUT2D eigenvalue weighted by atomic mass is 9.76. The van der Waals surface area contributed by atoms with Gasteiger partial charge in [0, 0.05) is 17.2 Å². The molecule has 0 radical (unpaired) electrons. The van der Waals surface area contributed by atoms with Crippen LogP contribution >= 0.6 is 0 Å². The molecule has 0 unspecified atom stereocenters. The average molecular weight is 447 g/mol. The van der Waals surface area contributed by atoms with Gasteiger partial charge in [0.05, 0.1) is 24.1 Å². The second-order valence-electron chi connectivity index (χ2n) is 9.28. The van der Waals surface area contributed by atoms with E-state index >= 15 is 0 Å². The first kappa shape index (κ1) is 21.5. The molecule has 2 aliphatic heterocycles. The highest BCUT2D eigenvalue weighted by molar-refractivity contribution is 6.37. The number of Topliss-reactive ketones (excluding diaryl/α,β-unsaturated/α-hetero) is 2. The van der Waals surface area contributed by atoms with Crippen molar-refractivity contribution >= 4 is 29.1 Å². The predicted octanol–water partition coefficient (Wildman–Crippen LogP) is 3.03. The molecule has 0 bridgehead atoms. The molecule has 33 heavy (non-hydrogen) atoms. The maximum absolute atomic E-state index is 13.8. The minimum Gasteiger partial charge on any atom is -0.494 e. The van der Waals surface area contributed by atoms with Crippen molar-refractivity contribution in [1.29, 1.82) is 0 Å². The number of benzene rings is 2. The summed E-state index contributed by atoms with van der Waals surface area (Å²) in [5, 5.41) is 3.19. The van der Waals surface area contributed by atoms with Gasteiger partial charge in [0.25, 0.3) is 0 Å². The number of nitrogens with zero attached hydrogens (tertiary/aromatic N) is 1. The molecule has 1 N–H and O–H groups in total. The van der Waals surface area contributed by atoms with Gasteiger partial charge in [0.2, 0.25) is 11.8 Å². The summed E-state index contributed by atoms with van der Waals surface area (Å²) < 4.78 is 5.60. The number of nitrogens with one attached hydrogen (secondary N) is 1. The summed E-state index contributed by atoms with van der Waals surface area (Å²) in [5.41, 5.74) is -0.727. The van der Waals surface area contributed by atoms with Crippen LogP contribution in [0.4, 0.5) is 5.69 Å². The number of amides is 2. The molecular weight excluding hydrogens is 420 g/mol. The predicted molar refractivity (Wildman–Crippen MR) is 121 cm³/mol. The Kier molecular flexibility index (Phi) is 4.97. The molecule has 2 heterocycles. The number of hydrogen-bond donors (Lipinski definition) is 1. The largest absolute Gasteiger partial charge is 0.494 e. The van der Waals surface area contributed by atoms with Crippen LogP contribution in [0.15, 0.2) is 48.5 Å². The Balaban J connectivity index is 1.57. The zero-order valence-corrected chi connectivity index (χ0v) is 18.8. The van der Waals surface area contributed by atoms with Crippen LogP contribution < -0.4 is 15.0 Å². The third kappa shape index (κ3) is 2.85. The SMILES string of the molecule is CCCOc1ccc(N2C(=O)[C@H]3[C@@H](C(C)C)NC4(C(=O)c5ccccc5C4=O)[C@@H]3C2=O)cc1. The Hall–Kier alpha value is -3.32. The average Bonchev–Trinajstić information content (AvgIpc) is 3.38. The number of ether oxygens (including phenoxy) is 1. The first-order valence-electron chi connectivity index (χ1n) is 11.4. The van der Waals surface area contributed by atoms with Crippen LogP contribution in [-0.2, 0) is 9.59 Å². The van der Waals surface area contributed by atoms with E-state index in [1.807, 2.05) is 20.8 Å². The normalized spacial score (nSPS) is 25.3. The molecule has 2 aromatic carbocycles. The van der Waals surface area contributed by atoms with Crippen LogP contribution in [0.3, 0.4) is 0 Å². The summed E-state index contributed by atoms with van der Waals surface area (Å²) >= 11 is 0. The van der Waals surface area contributed by atoms with Crippen molar-refractivity contribution in [3.63, 3.8) is 0 Å². The van der Waals surface area contributed by atoms with E-state index < -0.39 is 40.9 Å². The molecule has 7 nitrogen and oxygen atoms in total. The Morgan fingerprint density at radius 1 is 0.939 bits per heavy atom. The number of rotatable bonds is 5. The third-order valence-electron chi connectivity index (χ3n) is 7.02. The van der Waals surface area contributed by atoms with E-state index in [9.17, 15) is 19.2 Å². The van der Waals surface area contributed by atoms with Gasteiger partial charge in [-0.25, -0.2) is 4.90 Å². The fourth-order valence-corrected chi connectivity index (χ4v) is 5.52. The molecular formula is C26H26N2O5. The lowest BCUT2D eigenvalue weighted by molar-refractivity contribution is -0.123. The van der Waals surface area contributed by atoms with Gasteiger partial charge < -0.3 is 4.74 Å². The Labute approximate surface area is 192 Å². The van der Waals surface area contributed by atoms with Crippen molar-refractivity contribution in [2.45, 2.75) is 38.8 Å². The zero-order chi connectivity index (χ0) is 23.5.